The van der Waals surface area contributed by atoms with Gasteiger partial charge in [0.15, 0.2) is 25.0 Å². The first-order chi connectivity index (χ1) is 17.9. The Labute approximate surface area is 243 Å². The molecule has 9 atom stereocenters. The Kier molecular flexibility index (Phi) is 9.21. The molecule has 0 aromatic heterocycles. The van der Waals surface area contributed by atoms with Crippen molar-refractivity contribution in [3.63, 3.8) is 0 Å². The molecule has 0 N–H and O–H groups in total. The molecule has 4 aliphatic rings. The zero-order chi connectivity index (χ0) is 29.0. The Morgan fingerprint density at radius 1 is 0.795 bits per heavy atom. The van der Waals surface area contributed by atoms with Crippen molar-refractivity contribution in [3.05, 3.63) is 0 Å². The van der Waals surface area contributed by atoms with Crippen molar-refractivity contribution in [2.24, 2.45) is 45.6 Å². The third-order valence-corrected chi connectivity index (χ3v) is 13.9. The second-order valence-corrected chi connectivity index (χ2v) is 30.4. The molecule has 226 valence electrons. The summed E-state index contributed by atoms with van der Waals surface area (Å²) in [5, 5.41) is 4.64. The van der Waals surface area contributed by atoms with Crippen LogP contribution in [0.3, 0.4) is 0 Å². The van der Waals surface area contributed by atoms with E-state index in [-0.39, 0.29) is 5.41 Å². The molecular weight excluding hydrogens is 535 g/mol. The van der Waals surface area contributed by atoms with Crippen LogP contribution in [0.1, 0.15) is 65.2 Å². The lowest BCUT2D eigenvalue weighted by Crippen LogP contribution is -2.61. The first kappa shape index (κ1) is 31.9. The van der Waals surface area contributed by atoms with E-state index in [4.69, 9.17) is 18.1 Å². The van der Waals surface area contributed by atoms with E-state index in [1.807, 2.05) is 0 Å². The molecule has 4 saturated carbocycles. The number of hydrogen-bond donors (Lipinski definition) is 0. The maximum absolute atomic E-state index is 7.26. The fourth-order valence-electron chi connectivity index (χ4n) is 9.62. The first-order valence-corrected chi connectivity index (χ1v) is 26.2. The van der Waals surface area contributed by atoms with Gasteiger partial charge in [-0.05, 0) is 145 Å². The van der Waals surface area contributed by atoms with Crippen molar-refractivity contribution < 1.29 is 18.1 Å². The van der Waals surface area contributed by atoms with Gasteiger partial charge in [-0.3, -0.25) is 0 Å². The average molecular weight is 596 g/mol. The van der Waals surface area contributed by atoms with Crippen LogP contribution < -0.4 is 0 Å². The van der Waals surface area contributed by atoms with Crippen molar-refractivity contribution in [2.45, 2.75) is 136 Å². The quantitative estimate of drug-likeness (QED) is 0.152. The molecule has 0 amide bonds. The van der Waals surface area contributed by atoms with Crippen molar-refractivity contribution in [3.8, 4) is 0 Å². The summed E-state index contributed by atoms with van der Waals surface area (Å²) in [6, 6.07) is 0. The Hall–Kier alpha value is 0.000649. The third-order valence-electron chi connectivity index (χ3n) is 10.8. The van der Waals surface area contributed by atoms with Crippen LogP contribution in [0, 0.1) is 40.4 Å². The maximum atomic E-state index is 7.26. The smallest absolute Gasteiger partial charge is 0.184 e. The second kappa shape index (κ2) is 11.3. The first-order valence-electron chi connectivity index (χ1n) is 16.0. The zero-order valence-corrected chi connectivity index (χ0v) is 30.5. The molecule has 0 radical (unpaired) electrons. The van der Waals surface area contributed by atoms with Crippen molar-refractivity contribution in [2.75, 3.05) is 13.7 Å². The summed E-state index contributed by atoms with van der Waals surface area (Å²) >= 11 is 0. The molecular formula is C31H61NO4Si3. The summed E-state index contributed by atoms with van der Waals surface area (Å²) in [5.41, 5.74) is 1.68. The fourth-order valence-corrected chi connectivity index (χ4v) is 12.6. The number of hydrogen-bond acceptors (Lipinski definition) is 5. The van der Waals surface area contributed by atoms with E-state index in [0.717, 1.165) is 29.9 Å². The van der Waals surface area contributed by atoms with Crippen LogP contribution in [0.4, 0.5) is 0 Å². The molecule has 0 aromatic rings. The Balaban J connectivity index is 1.64. The van der Waals surface area contributed by atoms with Gasteiger partial charge in [0.25, 0.3) is 0 Å². The number of fused-ring (bicyclic) bond motifs is 5. The van der Waals surface area contributed by atoms with Crippen molar-refractivity contribution >= 4 is 30.7 Å². The number of nitrogens with zero attached hydrogens (tertiary/aromatic N) is 1. The van der Waals surface area contributed by atoms with Gasteiger partial charge < -0.3 is 18.1 Å². The minimum absolute atomic E-state index is 0.187. The molecule has 4 rings (SSSR count). The van der Waals surface area contributed by atoms with Crippen LogP contribution in [-0.2, 0) is 18.1 Å². The highest BCUT2D eigenvalue weighted by molar-refractivity contribution is 6.70. The number of oxime groups is 1. The highest BCUT2D eigenvalue weighted by Gasteiger charge is 2.64. The van der Waals surface area contributed by atoms with E-state index in [1.165, 1.54) is 44.9 Å². The van der Waals surface area contributed by atoms with E-state index >= 15 is 0 Å². The highest BCUT2D eigenvalue weighted by Crippen LogP contribution is 2.68. The summed E-state index contributed by atoms with van der Waals surface area (Å²) in [6.07, 6.45) is 11.0. The van der Waals surface area contributed by atoms with Gasteiger partial charge in [-0.25, -0.2) is 0 Å². The number of rotatable bonds is 9. The lowest BCUT2D eigenvalue weighted by molar-refractivity contribution is -0.168. The van der Waals surface area contributed by atoms with E-state index in [2.05, 4.69) is 77.9 Å². The summed E-state index contributed by atoms with van der Waals surface area (Å²) in [4.78, 5) is 5.44. The molecule has 4 fully saturated rings. The largest absolute Gasteiger partial charge is 0.415 e. The van der Waals surface area contributed by atoms with Crippen LogP contribution >= 0.6 is 0 Å². The van der Waals surface area contributed by atoms with Gasteiger partial charge in [0.2, 0.25) is 0 Å². The molecule has 0 bridgehead atoms. The molecule has 8 heteroatoms. The van der Waals surface area contributed by atoms with Crippen LogP contribution in [0.25, 0.3) is 0 Å². The zero-order valence-electron chi connectivity index (χ0n) is 27.5. The van der Waals surface area contributed by atoms with Gasteiger partial charge in [-0.15, -0.1) is 0 Å². The monoisotopic (exact) mass is 595 g/mol. The van der Waals surface area contributed by atoms with Crippen molar-refractivity contribution in [1.29, 1.82) is 0 Å². The van der Waals surface area contributed by atoms with Gasteiger partial charge in [0, 0.05) is 18.1 Å². The lowest BCUT2D eigenvalue weighted by atomic mass is 9.44. The summed E-state index contributed by atoms with van der Waals surface area (Å²) < 4.78 is 20.4. The molecule has 0 saturated heterocycles. The van der Waals surface area contributed by atoms with Gasteiger partial charge in [0.05, 0.1) is 12.3 Å². The van der Waals surface area contributed by atoms with Crippen LogP contribution in [-0.4, -0.2) is 56.6 Å². The van der Waals surface area contributed by atoms with Gasteiger partial charge in [-0.1, -0.05) is 19.0 Å². The normalized spacial score (nSPS) is 41.5. The third kappa shape index (κ3) is 6.98. The standard InChI is InChI=1S/C31H61NO4Si3/c1-30-18-17-23(35-38(7,8)9)19-22(30)13-14-24-25-15-16-26(27(32-33-3)21-34-37(4,5)6)31(25,2)20-28(29(24)30)36-39(10,11)12/h22-26,28-29H,13-21H2,1-12H3/b32-27+. The van der Waals surface area contributed by atoms with Crippen LogP contribution in [0.5, 0.6) is 0 Å². The maximum Gasteiger partial charge on any atom is 0.184 e. The average Bonchev–Trinajstić information content (AvgIpc) is 3.10. The molecule has 0 heterocycles. The Morgan fingerprint density at radius 3 is 2.05 bits per heavy atom. The second-order valence-electron chi connectivity index (χ2n) is 17.0. The van der Waals surface area contributed by atoms with E-state index < -0.39 is 25.0 Å². The van der Waals surface area contributed by atoms with Gasteiger partial charge in [0.1, 0.15) is 7.11 Å². The van der Waals surface area contributed by atoms with E-state index in [9.17, 15) is 0 Å². The summed E-state index contributed by atoms with van der Waals surface area (Å²) in [5.74, 6) is 3.32. The molecule has 0 spiro atoms. The lowest BCUT2D eigenvalue weighted by Gasteiger charge is -2.64. The highest BCUT2D eigenvalue weighted by atomic mass is 28.4. The minimum atomic E-state index is -1.73. The predicted octanol–water partition coefficient (Wildman–Crippen LogP) is 8.55. The molecule has 0 aromatic carbocycles. The molecule has 0 aliphatic heterocycles. The topological polar surface area (TPSA) is 49.3 Å². The molecule has 39 heavy (non-hydrogen) atoms. The Morgan fingerprint density at radius 2 is 1.46 bits per heavy atom. The predicted molar refractivity (Wildman–Crippen MR) is 171 cm³/mol. The SMILES string of the molecule is CO/N=C(\CO[Si](C)(C)C)C1CCC2C3CCC4CC(O[Si](C)(C)C)CCC4(C)C3C(O[Si](C)(C)C)CC12C. The fraction of sp³-hybridized carbons (Fsp3) is 0.968. The molecule has 9 unspecified atom stereocenters. The van der Waals surface area contributed by atoms with Gasteiger partial charge in [-0.2, -0.15) is 0 Å². The summed E-state index contributed by atoms with van der Waals surface area (Å²) in [7, 11) is -3.21. The Bertz CT molecular complexity index is 894. The van der Waals surface area contributed by atoms with Gasteiger partial charge >= 0.3 is 0 Å². The molecule has 4 aliphatic carbocycles. The van der Waals surface area contributed by atoms with Crippen LogP contribution in [0.15, 0.2) is 5.16 Å². The van der Waals surface area contributed by atoms with E-state index in [0.29, 0.717) is 36.1 Å². The summed E-state index contributed by atoms with van der Waals surface area (Å²) in [6.45, 7) is 26.9. The van der Waals surface area contributed by atoms with Crippen molar-refractivity contribution in [1.82, 2.24) is 0 Å². The van der Waals surface area contributed by atoms with Crippen LogP contribution in [0.2, 0.25) is 58.9 Å². The minimum Gasteiger partial charge on any atom is -0.415 e. The van der Waals surface area contributed by atoms with E-state index in [1.54, 1.807) is 7.11 Å². The molecule has 5 nitrogen and oxygen atoms in total.